The van der Waals surface area contributed by atoms with Crippen LogP contribution in [0.1, 0.15) is 74.1 Å². The topological polar surface area (TPSA) is 165 Å². The second kappa shape index (κ2) is 16.6. The summed E-state index contributed by atoms with van der Waals surface area (Å²) in [5.74, 6) is -3.27. The molecule has 0 aromatic rings. The van der Waals surface area contributed by atoms with E-state index in [0.29, 0.717) is 38.8 Å². The molecule has 3 saturated heterocycles. The standard InChI is InChI=1S/C34H60N4O10/c1-12-25-34(7)28(36-32(43)48-34)22(5)35-16-19(2)15-33(6,44-11)29(20(3)27(41)21(4)30(42)46-25)47-31-24(39)14-13-23(45-31)17-38(10)26(40)18-37(8)9/h19-25,28-29,31,35,39H,12-18H2,1-11H3,(H,36,43)/t19-,20+,21?,22-,23+,24-,25-,28-,29-,31+,33-,34-/m1/s1. The van der Waals surface area contributed by atoms with E-state index in [4.69, 9.17) is 23.7 Å². The van der Waals surface area contributed by atoms with Crippen LogP contribution in [0.2, 0.25) is 0 Å². The van der Waals surface area contributed by atoms with Gasteiger partial charge in [-0.1, -0.05) is 20.8 Å². The number of ether oxygens (including phenoxy) is 5. The molecule has 3 N–H and O–H groups in total. The fourth-order valence-corrected chi connectivity index (χ4v) is 7.37. The molecule has 0 saturated carbocycles. The fraction of sp³-hybridized carbons (Fsp3) is 0.882. The Morgan fingerprint density at radius 2 is 1.75 bits per heavy atom. The van der Waals surface area contributed by atoms with Gasteiger partial charge in [0.25, 0.3) is 0 Å². The molecule has 14 heteroatoms. The monoisotopic (exact) mass is 684 g/mol. The number of esters is 1. The van der Waals surface area contributed by atoms with Crippen LogP contribution in [0.5, 0.6) is 0 Å². The van der Waals surface area contributed by atoms with Crippen molar-refractivity contribution in [3.63, 3.8) is 0 Å². The number of ketones is 1. The quantitative estimate of drug-likeness (QED) is 0.251. The largest absolute Gasteiger partial charge is 0.458 e. The lowest BCUT2D eigenvalue weighted by Gasteiger charge is -2.45. The van der Waals surface area contributed by atoms with Crippen LogP contribution >= 0.6 is 0 Å². The maximum Gasteiger partial charge on any atom is 0.408 e. The van der Waals surface area contributed by atoms with Crippen LogP contribution < -0.4 is 10.6 Å². The van der Waals surface area contributed by atoms with Crippen molar-refractivity contribution in [2.75, 3.05) is 47.9 Å². The average molecular weight is 685 g/mol. The number of alkyl carbamates (subject to hydrolysis) is 1. The summed E-state index contributed by atoms with van der Waals surface area (Å²) >= 11 is 0. The first-order valence-electron chi connectivity index (χ1n) is 17.3. The average Bonchev–Trinajstić information content (AvgIpc) is 3.34. The zero-order chi connectivity index (χ0) is 36.1. The van der Waals surface area contributed by atoms with Crippen LogP contribution in [0.15, 0.2) is 0 Å². The molecule has 0 radical (unpaired) electrons. The highest BCUT2D eigenvalue weighted by molar-refractivity contribution is 6.00. The summed E-state index contributed by atoms with van der Waals surface area (Å²) in [6.45, 7) is 13.7. The van der Waals surface area contributed by atoms with Gasteiger partial charge in [0.05, 0.1) is 30.4 Å². The van der Waals surface area contributed by atoms with E-state index in [2.05, 4.69) is 10.6 Å². The second-order valence-electron chi connectivity index (χ2n) is 14.8. The van der Waals surface area contributed by atoms with Crippen molar-refractivity contribution in [3.8, 4) is 0 Å². The van der Waals surface area contributed by atoms with E-state index in [9.17, 15) is 24.3 Å². The molecular formula is C34H60N4O10. The van der Waals surface area contributed by atoms with Gasteiger partial charge in [-0.3, -0.25) is 14.4 Å². The Morgan fingerprint density at radius 3 is 2.35 bits per heavy atom. The molecule has 3 aliphatic rings. The molecule has 48 heavy (non-hydrogen) atoms. The van der Waals surface area contributed by atoms with Crippen LogP contribution in [0.3, 0.4) is 0 Å². The fourth-order valence-electron chi connectivity index (χ4n) is 7.37. The van der Waals surface area contributed by atoms with E-state index < -0.39 is 77.6 Å². The Balaban J connectivity index is 1.93. The number of likely N-dealkylation sites (N-methyl/N-ethyl adjacent to an activating group) is 2. The third-order valence-corrected chi connectivity index (χ3v) is 10.3. The van der Waals surface area contributed by atoms with Gasteiger partial charge in [-0.25, -0.2) is 4.79 Å². The summed E-state index contributed by atoms with van der Waals surface area (Å²) < 4.78 is 30.6. The van der Waals surface area contributed by atoms with Gasteiger partial charge < -0.3 is 49.2 Å². The molecule has 12 atom stereocenters. The first-order valence-corrected chi connectivity index (χ1v) is 17.3. The molecule has 0 aromatic heterocycles. The number of methoxy groups -OCH3 is 1. The number of hydrogen-bond acceptors (Lipinski definition) is 12. The van der Waals surface area contributed by atoms with Crippen molar-refractivity contribution in [1.29, 1.82) is 0 Å². The first-order chi connectivity index (χ1) is 22.4. The van der Waals surface area contributed by atoms with Crippen LogP contribution in [0.4, 0.5) is 4.79 Å². The Bertz CT molecular complexity index is 1140. The van der Waals surface area contributed by atoms with E-state index in [0.717, 1.165) is 0 Å². The van der Waals surface area contributed by atoms with Crippen molar-refractivity contribution >= 4 is 23.8 Å². The zero-order valence-electron chi connectivity index (χ0n) is 30.7. The number of rotatable bonds is 8. The first kappa shape index (κ1) is 40.1. The number of carbonyl (C=O) groups is 4. The van der Waals surface area contributed by atoms with E-state index in [1.807, 2.05) is 41.8 Å². The Morgan fingerprint density at radius 1 is 1.08 bits per heavy atom. The lowest BCUT2D eigenvalue weighted by atomic mass is 9.78. The summed E-state index contributed by atoms with van der Waals surface area (Å²) in [5, 5.41) is 17.4. The zero-order valence-corrected chi connectivity index (χ0v) is 30.7. The number of carbonyl (C=O) groups excluding carboxylic acids is 4. The van der Waals surface area contributed by atoms with E-state index in [-0.39, 0.29) is 24.4 Å². The van der Waals surface area contributed by atoms with Crippen molar-refractivity contribution < 1.29 is 48.0 Å². The van der Waals surface area contributed by atoms with Gasteiger partial charge in [0.1, 0.15) is 18.1 Å². The molecule has 0 bridgehead atoms. The summed E-state index contributed by atoms with van der Waals surface area (Å²) in [6.07, 6.45) is -3.11. The smallest absolute Gasteiger partial charge is 0.408 e. The summed E-state index contributed by atoms with van der Waals surface area (Å²) in [4.78, 5) is 56.1. The van der Waals surface area contributed by atoms with Gasteiger partial charge in [-0.05, 0) is 79.9 Å². The normalized spacial score (nSPS) is 40.2. The van der Waals surface area contributed by atoms with Gasteiger partial charge in [0.2, 0.25) is 5.91 Å². The highest BCUT2D eigenvalue weighted by atomic mass is 16.7. The molecule has 3 fully saturated rings. The van der Waals surface area contributed by atoms with Gasteiger partial charge in [-0.15, -0.1) is 0 Å². The summed E-state index contributed by atoms with van der Waals surface area (Å²) in [5.41, 5.74) is -2.22. The molecule has 0 aromatic carbocycles. The molecule has 0 spiro atoms. The highest BCUT2D eigenvalue weighted by Gasteiger charge is 2.55. The maximum absolute atomic E-state index is 14.1. The molecule has 3 rings (SSSR count). The molecular weight excluding hydrogens is 624 g/mol. The highest BCUT2D eigenvalue weighted by Crippen LogP contribution is 2.37. The third-order valence-electron chi connectivity index (χ3n) is 10.3. The summed E-state index contributed by atoms with van der Waals surface area (Å²) in [7, 11) is 6.92. The van der Waals surface area contributed by atoms with E-state index >= 15 is 0 Å². The van der Waals surface area contributed by atoms with Crippen LogP contribution in [-0.2, 0) is 38.1 Å². The van der Waals surface area contributed by atoms with Gasteiger partial charge in [0.15, 0.2) is 17.7 Å². The predicted molar refractivity (Wildman–Crippen MR) is 177 cm³/mol. The van der Waals surface area contributed by atoms with E-state index in [1.54, 1.807) is 37.8 Å². The number of Topliss-reactive ketones (excluding diaryl/α,β-unsaturated/α-hetero) is 1. The Kier molecular flexibility index (Phi) is 13.8. The van der Waals surface area contributed by atoms with Gasteiger partial charge >= 0.3 is 12.1 Å². The number of hydrogen-bond donors (Lipinski definition) is 3. The maximum atomic E-state index is 14.1. The number of amides is 2. The van der Waals surface area contributed by atoms with Gasteiger partial charge in [0, 0.05) is 32.7 Å². The number of nitrogens with zero attached hydrogens (tertiary/aromatic N) is 2. The number of nitrogens with one attached hydrogen (secondary N) is 2. The molecule has 3 heterocycles. The Hall–Kier alpha value is -2.36. The number of aliphatic hydroxyl groups excluding tert-OH is 1. The van der Waals surface area contributed by atoms with Crippen LogP contribution in [0, 0.1) is 17.8 Å². The third kappa shape index (κ3) is 9.25. The minimum Gasteiger partial charge on any atom is -0.458 e. The van der Waals surface area contributed by atoms with Crippen LogP contribution in [0.25, 0.3) is 0 Å². The second-order valence-corrected chi connectivity index (χ2v) is 14.8. The lowest BCUT2D eigenvalue weighted by Crippen LogP contribution is -2.60. The van der Waals surface area contributed by atoms with Crippen molar-refractivity contribution in [3.05, 3.63) is 0 Å². The molecule has 2 amide bonds. The molecule has 0 aliphatic carbocycles. The molecule has 276 valence electrons. The van der Waals surface area contributed by atoms with Gasteiger partial charge in [-0.2, -0.15) is 0 Å². The number of cyclic esters (lactones) is 1. The molecule has 14 nitrogen and oxygen atoms in total. The van der Waals surface area contributed by atoms with Crippen molar-refractivity contribution in [1.82, 2.24) is 20.4 Å². The number of fused-ring (bicyclic) bond motifs is 1. The summed E-state index contributed by atoms with van der Waals surface area (Å²) in [6, 6.07) is -0.768. The van der Waals surface area contributed by atoms with Crippen molar-refractivity contribution in [2.24, 2.45) is 17.8 Å². The van der Waals surface area contributed by atoms with Crippen molar-refractivity contribution in [2.45, 2.75) is 128 Å². The predicted octanol–water partition coefficient (Wildman–Crippen LogP) is 1.71. The lowest BCUT2D eigenvalue weighted by molar-refractivity contribution is -0.288. The van der Waals surface area contributed by atoms with Crippen LogP contribution in [-0.4, -0.2) is 141 Å². The SMILES string of the molecule is CC[C@H]1OC(=O)C(C)C(=O)[C@H](C)[C@@H](O[C@@H]2O[C@H](CN(C)C(=O)CN(C)C)CC[C@H]2O)[C@](C)(OC)C[C@@H](C)CN[C@H](C)[C@H]2NC(=O)O[C@@]21C. The minimum atomic E-state index is -1.17. The minimum absolute atomic E-state index is 0.00112. The molecule has 3 aliphatic heterocycles. The Labute approximate surface area is 285 Å². The number of aliphatic hydroxyl groups is 1. The molecule has 1 unspecified atom stereocenters. The van der Waals surface area contributed by atoms with E-state index in [1.165, 1.54) is 6.92 Å².